The summed E-state index contributed by atoms with van der Waals surface area (Å²) in [6.45, 7) is -0.383. The van der Waals surface area contributed by atoms with Crippen LogP contribution in [0.15, 0.2) is 48.5 Å². The summed E-state index contributed by atoms with van der Waals surface area (Å²) in [4.78, 5) is 24.1. The highest BCUT2D eigenvalue weighted by Gasteiger charge is 2.17. The molecule has 1 fully saturated rings. The van der Waals surface area contributed by atoms with Gasteiger partial charge in [0.1, 0.15) is 0 Å². The molecule has 7 heteroatoms. The van der Waals surface area contributed by atoms with Gasteiger partial charge in [-0.2, -0.15) is 5.26 Å². The molecular formula is C20H18N2O3S2. The zero-order valence-electron chi connectivity index (χ0n) is 14.5. The van der Waals surface area contributed by atoms with E-state index in [9.17, 15) is 9.59 Å². The van der Waals surface area contributed by atoms with E-state index in [1.54, 1.807) is 36.4 Å². The van der Waals surface area contributed by atoms with Crippen LogP contribution in [0.1, 0.15) is 32.5 Å². The van der Waals surface area contributed by atoms with Crippen LogP contribution in [0.5, 0.6) is 0 Å². The van der Waals surface area contributed by atoms with Crippen molar-refractivity contribution >= 4 is 41.1 Å². The standard InChI is InChI=1S/C20H18N2O3S2/c21-12-14-3-1-4-17(11-14)22-18(23)13-25-19(24)15-5-7-16(8-6-15)20-26-9-2-10-27-20/h1,3-8,11,20H,2,9-10,13H2,(H,22,23). The van der Waals surface area contributed by atoms with Crippen LogP contribution in [-0.4, -0.2) is 30.0 Å². The highest BCUT2D eigenvalue weighted by atomic mass is 32.2. The van der Waals surface area contributed by atoms with Crippen molar-refractivity contribution in [1.29, 1.82) is 5.26 Å². The number of benzene rings is 2. The van der Waals surface area contributed by atoms with Crippen LogP contribution in [-0.2, 0) is 9.53 Å². The number of hydrogen-bond donors (Lipinski definition) is 1. The number of nitrogens with one attached hydrogen (secondary N) is 1. The summed E-state index contributed by atoms with van der Waals surface area (Å²) in [5.74, 6) is 1.33. The van der Waals surface area contributed by atoms with Crippen molar-refractivity contribution < 1.29 is 14.3 Å². The highest BCUT2D eigenvalue weighted by Crippen LogP contribution is 2.43. The van der Waals surface area contributed by atoms with Crippen LogP contribution in [0.2, 0.25) is 0 Å². The van der Waals surface area contributed by atoms with Gasteiger partial charge >= 0.3 is 5.97 Å². The lowest BCUT2D eigenvalue weighted by Crippen LogP contribution is -2.21. The first-order valence-electron chi connectivity index (χ1n) is 8.46. The minimum Gasteiger partial charge on any atom is -0.452 e. The number of esters is 1. The van der Waals surface area contributed by atoms with Crippen LogP contribution < -0.4 is 5.32 Å². The fourth-order valence-corrected chi connectivity index (χ4v) is 5.43. The van der Waals surface area contributed by atoms with Crippen molar-refractivity contribution in [1.82, 2.24) is 0 Å². The maximum Gasteiger partial charge on any atom is 0.338 e. The van der Waals surface area contributed by atoms with E-state index in [1.165, 1.54) is 12.0 Å². The second kappa shape index (κ2) is 9.49. The van der Waals surface area contributed by atoms with E-state index in [-0.39, 0.29) is 6.61 Å². The number of nitriles is 1. The van der Waals surface area contributed by atoms with E-state index in [2.05, 4.69) is 5.32 Å². The zero-order valence-corrected chi connectivity index (χ0v) is 16.1. The molecule has 2 aromatic carbocycles. The van der Waals surface area contributed by atoms with Gasteiger partial charge in [0.15, 0.2) is 6.61 Å². The Labute approximate surface area is 166 Å². The van der Waals surface area contributed by atoms with E-state index in [0.717, 1.165) is 11.5 Å². The number of thioether (sulfide) groups is 2. The number of rotatable bonds is 5. The molecule has 0 bridgehead atoms. The molecule has 2 aromatic rings. The first kappa shape index (κ1) is 19.3. The molecule has 0 radical (unpaired) electrons. The molecule has 0 aromatic heterocycles. The molecule has 1 amide bonds. The number of carbonyl (C=O) groups is 2. The molecule has 0 unspecified atom stereocenters. The third-order valence-electron chi connectivity index (χ3n) is 3.86. The molecule has 5 nitrogen and oxygen atoms in total. The van der Waals surface area contributed by atoms with Gasteiger partial charge in [-0.15, -0.1) is 23.5 Å². The third-order valence-corrected chi connectivity index (χ3v) is 6.87. The fraction of sp³-hybridized carbons (Fsp3) is 0.250. The predicted molar refractivity (Wildman–Crippen MR) is 109 cm³/mol. The number of hydrogen-bond acceptors (Lipinski definition) is 6. The van der Waals surface area contributed by atoms with E-state index < -0.39 is 11.9 Å². The number of ether oxygens (including phenoxy) is 1. The average Bonchev–Trinajstić information content (AvgIpc) is 2.73. The molecule has 3 rings (SSSR count). The van der Waals surface area contributed by atoms with Gasteiger partial charge in [-0.1, -0.05) is 18.2 Å². The Morgan fingerprint density at radius 1 is 1.15 bits per heavy atom. The van der Waals surface area contributed by atoms with Crippen LogP contribution in [0.4, 0.5) is 5.69 Å². The van der Waals surface area contributed by atoms with Crippen LogP contribution in [0.25, 0.3) is 0 Å². The summed E-state index contributed by atoms with van der Waals surface area (Å²) in [5, 5.41) is 11.5. The summed E-state index contributed by atoms with van der Waals surface area (Å²) in [6, 6.07) is 15.9. The molecular weight excluding hydrogens is 380 g/mol. The van der Waals surface area contributed by atoms with Crippen LogP contribution in [0, 0.1) is 11.3 Å². The van der Waals surface area contributed by atoms with E-state index in [4.69, 9.17) is 10.00 Å². The fourth-order valence-electron chi connectivity index (χ4n) is 2.53. The lowest BCUT2D eigenvalue weighted by molar-refractivity contribution is -0.119. The first-order valence-corrected chi connectivity index (χ1v) is 10.6. The topological polar surface area (TPSA) is 79.2 Å². The second-order valence-corrected chi connectivity index (χ2v) is 8.59. The maximum atomic E-state index is 12.1. The molecule has 1 aliphatic rings. The Balaban J connectivity index is 1.51. The highest BCUT2D eigenvalue weighted by molar-refractivity contribution is 8.16. The molecule has 27 heavy (non-hydrogen) atoms. The summed E-state index contributed by atoms with van der Waals surface area (Å²) >= 11 is 3.84. The summed E-state index contributed by atoms with van der Waals surface area (Å²) in [5.41, 5.74) is 2.54. The number of anilines is 1. The SMILES string of the molecule is N#Cc1cccc(NC(=O)COC(=O)c2ccc(C3SCCCS3)cc2)c1. The lowest BCUT2D eigenvalue weighted by Gasteiger charge is -2.21. The van der Waals surface area contributed by atoms with E-state index in [0.29, 0.717) is 21.4 Å². The maximum absolute atomic E-state index is 12.1. The van der Waals surface area contributed by atoms with Gasteiger partial charge in [-0.25, -0.2) is 4.79 Å². The van der Waals surface area contributed by atoms with Gasteiger partial charge in [-0.3, -0.25) is 4.79 Å². The van der Waals surface area contributed by atoms with Crippen molar-refractivity contribution in [2.24, 2.45) is 0 Å². The quantitative estimate of drug-likeness (QED) is 0.760. The average molecular weight is 399 g/mol. The minimum atomic E-state index is -0.536. The second-order valence-electron chi connectivity index (χ2n) is 5.87. The first-order chi connectivity index (χ1) is 13.2. The van der Waals surface area contributed by atoms with Gasteiger partial charge in [0.25, 0.3) is 5.91 Å². The Morgan fingerprint density at radius 3 is 2.59 bits per heavy atom. The summed E-state index contributed by atoms with van der Waals surface area (Å²) in [7, 11) is 0. The molecule has 1 saturated heterocycles. The van der Waals surface area contributed by atoms with Gasteiger partial charge in [0, 0.05) is 5.69 Å². The van der Waals surface area contributed by atoms with Gasteiger partial charge in [0.2, 0.25) is 0 Å². The number of nitrogens with zero attached hydrogens (tertiary/aromatic N) is 1. The molecule has 1 aliphatic heterocycles. The third kappa shape index (κ3) is 5.52. The van der Waals surface area contributed by atoms with Crippen molar-refractivity contribution in [2.75, 3.05) is 23.4 Å². The van der Waals surface area contributed by atoms with Gasteiger partial charge in [-0.05, 0) is 53.8 Å². The molecule has 0 saturated carbocycles. The Bertz CT molecular complexity index is 856. The predicted octanol–water partition coefficient (Wildman–Crippen LogP) is 4.22. The van der Waals surface area contributed by atoms with Crippen molar-refractivity contribution in [2.45, 2.75) is 11.0 Å². The number of amides is 1. The van der Waals surface area contributed by atoms with Crippen molar-refractivity contribution in [3.05, 3.63) is 65.2 Å². The van der Waals surface area contributed by atoms with Gasteiger partial charge < -0.3 is 10.1 Å². The number of carbonyl (C=O) groups excluding carboxylic acids is 2. The Kier molecular flexibility index (Phi) is 6.80. The van der Waals surface area contributed by atoms with Crippen molar-refractivity contribution in [3.63, 3.8) is 0 Å². The molecule has 138 valence electrons. The smallest absolute Gasteiger partial charge is 0.338 e. The molecule has 0 atom stereocenters. The van der Waals surface area contributed by atoms with E-state index in [1.807, 2.05) is 41.7 Å². The molecule has 1 heterocycles. The van der Waals surface area contributed by atoms with Crippen LogP contribution in [0.3, 0.4) is 0 Å². The van der Waals surface area contributed by atoms with Crippen LogP contribution >= 0.6 is 23.5 Å². The molecule has 1 N–H and O–H groups in total. The minimum absolute atomic E-state index is 0.383. The molecule has 0 aliphatic carbocycles. The Morgan fingerprint density at radius 2 is 1.89 bits per heavy atom. The summed E-state index contributed by atoms with van der Waals surface area (Å²) < 4.78 is 5.49. The zero-order chi connectivity index (χ0) is 19.1. The van der Waals surface area contributed by atoms with E-state index >= 15 is 0 Å². The Hall–Kier alpha value is -2.43. The summed E-state index contributed by atoms with van der Waals surface area (Å²) in [6.07, 6.45) is 1.24. The monoisotopic (exact) mass is 398 g/mol. The molecule has 0 spiro atoms. The van der Waals surface area contributed by atoms with Crippen molar-refractivity contribution in [3.8, 4) is 6.07 Å². The van der Waals surface area contributed by atoms with Gasteiger partial charge in [0.05, 0.1) is 21.8 Å². The normalized spacial score (nSPS) is 14.2. The largest absolute Gasteiger partial charge is 0.452 e. The lowest BCUT2D eigenvalue weighted by atomic mass is 10.1.